The van der Waals surface area contributed by atoms with Crippen molar-refractivity contribution in [3.63, 3.8) is 0 Å². The standard InChI is InChI=1S/C19H19FN2O4/c1-25-16-4-2-3-13(9-16)19(24)21-10-17-11-22(18(23)12-26-17)15-7-5-14(20)6-8-15/h2-9,17H,10-12H2,1H3,(H,21,24). The number of nitrogens with one attached hydrogen (secondary N) is 1. The zero-order valence-electron chi connectivity index (χ0n) is 14.3. The summed E-state index contributed by atoms with van der Waals surface area (Å²) in [5, 5.41) is 2.80. The molecule has 1 aliphatic rings. The molecule has 1 heterocycles. The van der Waals surface area contributed by atoms with Crippen LogP contribution in [0.2, 0.25) is 0 Å². The summed E-state index contributed by atoms with van der Waals surface area (Å²) in [5.41, 5.74) is 1.08. The van der Waals surface area contributed by atoms with E-state index in [4.69, 9.17) is 9.47 Å². The van der Waals surface area contributed by atoms with Crippen LogP contribution in [0, 0.1) is 5.82 Å². The highest BCUT2D eigenvalue weighted by Gasteiger charge is 2.27. The third-order valence-corrected chi connectivity index (χ3v) is 4.09. The Labute approximate surface area is 150 Å². The van der Waals surface area contributed by atoms with Crippen molar-refractivity contribution in [3.05, 3.63) is 59.9 Å². The third-order valence-electron chi connectivity index (χ3n) is 4.09. The van der Waals surface area contributed by atoms with Crippen molar-refractivity contribution >= 4 is 17.5 Å². The number of carbonyl (C=O) groups is 2. The molecule has 1 aliphatic heterocycles. The lowest BCUT2D eigenvalue weighted by Crippen LogP contribution is -2.50. The van der Waals surface area contributed by atoms with Gasteiger partial charge < -0.3 is 19.7 Å². The molecular weight excluding hydrogens is 339 g/mol. The van der Waals surface area contributed by atoms with E-state index in [0.29, 0.717) is 17.0 Å². The average molecular weight is 358 g/mol. The topological polar surface area (TPSA) is 67.9 Å². The molecule has 2 aromatic rings. The fourth-order valence-corrected chi connectivity index (χ4v) is 2.69. The Morgan fingerprint density at radius 3 is 2.81 bits per heavy atom. The van der Waals surface area contributed by atoms with Crippen molar-refractivity contribution in [1.82, 2.24) is 5.32 Å². The molecule has 136 valence electrons. The molecule has 1 fully saturated rings. The minimum atomic E-state index is -0.364. The molecule has 0 bridgehead atoms. The van der Waals surface area contributed by atoms with Crippen molar-refractivity contribution in [3.8, 4) is 5.75 Å². The van der Waals surface area contributed by atoms with E-state index in [1.54, 1.807) is 36.4 Å². The lowest BCUT2D eigenvalue weighted by molar-refractivity contribution is -0.129. The van der Waals surface area contributed by atoms with Gasteiger partial charge in [0.15, 0.2) is 0 Å². The molecule has 0 saturated carbocycles. The number of benzene rings is 2. The normalized spacial score (nSPS) is 17.1. The minimum absolute atomic E-state index is 0.0862. The van der Waals surface area contributed by atoms with Gasteiger partial charge in [0.1, 0.15) is 18.2 Å². The number of ether oxygens (including phenoxy) is 2. The molecule has 1 atom stereocenters. The molecule has 0 radical (unpaired) electrons. The molecule has 3 rings (SSSR count). The van der Waals surface area contributed by atoms with Crippen LogP contribution >= 0.6 is 0 Å². The quantitative estimate of drug-likeness (QED) is 0.888. The summed E-state index contributed by atoms with van der Waals surface area (Å²) in [5.74, 6) is -0.221. The zero-order chi connectivity index (χ0) is 18.5. The van der Waals surface area contributed by atoms with Crippen LogP contribution in [0.15, 0.2) is 48.5 Å². The maximum absolute atomic E-state index is 13.1. The first-order valence-corrected chi connectivity index (χ1v) is 8.16. The largest absolute Gasteiger partial charge is 0.497 e. The Morgan fingerprint density at radius 1 is 1.31 bits per heavy atom. The van der Waals surface area contributed by atoms with E-state index >= 15 is 0 Å². The maximum Gasteiger partial charge on any atom is 0.253 e. The molecule has 2 amide bonds. The van der Waals surface area contributed by atoms with Gasteiger partial charge in [-0.25, -0.2) is 4.39 Å². The van der Waals surface area contributed by atoms with Gasteiger partial charge in [-0.3, -0.25) is 9.59 Å². The van der Waals surface area contributed by atoms with Gasteiger partial charge in [0, 0.05) is 17.8 Å². The highest BCUT2D eigenvalue weighted by atomic mass is 19.1. The van der Waals surface area contributed by atoms with Gasteiger partial charge in [0.25, 0.3) is 11.8 Å². The summed E-state index contributed by atoms with van der Waals surface area (Å²) in [7, 11) is 1.54. The summed E-state index contributed by atoms with van der Waals surface area (Å²) in [6, 6.07) is 12.5. The van der Waals surface area contributed by atoms with Crippen LogP contribution in [0.5, 0.6) is 5.75 Å². The van der Waals surface area contributed by atoms with E-state index < -0.39 is 0 Å². The number of nitrogens with zero attached hydrogens (tertiary/aromatic N) is 1. The average Bonchev–Trinajstić information content (AvgIpc) is 2.68. The number of morpholine rings is 1. The molecule has 6 nitrogen and oxygen atoms in total. The highest BCUT2D eigenvalue weighted by Crippen LogP contribution is 2.19. The SMILES string of the molecule is COc1cccc(C(=O)NCC2CN(c3ccc(F)cc3)C(=O)CO2)c1. The third kappa shape index (κ3) is 4.18. The molecule has 0 aromatic heterocycles. The van der Waals surface area contributed by atoms with Crippen molar-refractivity contribution in [2.75, 3.05) is 31.7 Å². The number of anilines is 1. The number of halogens is 1. The Hall–Kier alpha value is -2.93. The molecule has 1 saturated heterocycles. The lowest BCUT2D eigenvalue weighted by Gasteiger charge is -2.32. The van der Waals surface area contributed by atoms with Gasteiger partial charge in [-0.05, 0) is 42.5 Å². The van der Waals surface area contributed by atoms with Crippen LogP contribution in [0.25, 0.3) is 0 Å². The molecule has 1 unspecified atom stereocenters. The van der Waals surface area contributed by atoms with Crippen LogP contribution in [-0.2, 0) is 9.53 Å². The first kappa shape index (κ1) is 17.9. The second kappa shape index (κ2) is 7.97. The van der Waals surface area contributed by atoms with Crippen LogP contribution in [0.3, 0.4) is 0 Å². The predicted octanol–water partition coefficient (Wildman–Crippen LogP) is 2.00. The summed E-state index contributed by atoms with van der Waals surface area (Å²) in [6.45, 7) is 0.445. The Morgan fingerprint density at radius 2 is 2.08 bits per heavy atom. The summed E-state index contributed by atoms with van der Waals surface area (Å²) in [4.78, 5) is 25.9. The number of methoxy groups -OCH3 is 1. The minimum Gasteiger partial charge on any atom is -0.497 e. The van der Waals surface area contributed by atoms with Gasteiger partial charge in [0.2, 0.25) is 0 Å². The number of hydrogen-bond donors (Lipinski definition) is 1. The van der Waals surface area contributed by atoms with Crippen molar-refractivity contribution < 1.29 is 23.5 Å². The van der Waals surface area contributed by atoms with Gasteiger partial charge in [-0.1, -0.05) is 6.07 Å². The number of hydrogen-bond acceptors (Lipinski definition) is 4. The lowest BCUT2D eigenvalue weighted by atomic mass is 10.2. The second-order valence-corrected chi connectivity index (χ2v) is 5.86. The molecular formula is C19H19FN2O4. The van der Waals surface area contributed by atoms with Crippen LogP contribution in [0.1, 0.15) is 10.4 Å². The smallest absolute Gasteiger partial charge is 0.253 e. The molecule has 1 N–H and O–H groups in total. The van der Waals surface area contributed by atoms with Crippen LogP contribution < -0.4 is 15.0 Å². The van der Waals surface area contributed by atoms with E-state index in [-0.39, 0.29) is 43.4 Å². The summed E-state index contributed by atoms with van der Waals surface area (Å²) < 4.78 is 23.7. The van der Waals surface area contributed by atoms with Crippen molar-refractivity contribution in [1.29, 1.82) is 0 Å². The Kier molecular flexibility index (Phi) is 5.48. The van der Waals surface area contributed by atoms with Crippen LogP contribution in [0.4, 0.5) is 10.1 Å². The van der Waals surface area contributed by atoms with Crippen molar-refractivity contribution in [2.45, 2.75) is 6.10 Å². The fraction of sp³-hybridized carbons (Fsp3) is 0.263. The first-order valence-electron chi connectivity index (χ1n) is 8.16. The molecule has 26 heavy (non-hydrogen) atoms. The van der Waals surface area contributed by atoms with Gasteiger partial charge >= 0.3 is 0 Å². The second-order valence-electron chi connectivity index (χ2n) is 5.86. The molecule has 7 heteroatoms. The van der Waals surface area contributed by atoms with E-state index in [1.165, 1.54) is 24.1 Å². The number of rotatable bonds is 5. The van der Waals surface area contributed by atoms with Crippen LogP contribution in [-0.4, -0.2) is 44.7 Å². The van der Waals surface area contributed by atoms with Gasteiger partial charge in [0.05, 0.1) is 19.8 Å². The van der Waals surface area contributed by atoms with E-state index in [0.717, 1.165) is 0 Å². The molecule has 0 spiro atoms. The first-order chi connectivity index (χ1) is 12.6. The highest BCUT2D eigenvalue weighted by molar-refractivity contribution is 5.95. The predicted molar refractivity (Wildman–Crippen MR) is 93.8 cm³/mol. The van der Waals surface area contributed by atoms with Gasteiger partial charge in [-0.2, -0.15) is 0 Å². The van der Waals surface area contributed by atoms with Gasteiger partial charge in [-0.15, -0.1) is 0 Å². The number of carbonyl (C=O) groups excluding carboxylic acids is 2. The summed E-state index contributed by atoms with van der Waals surface area (Å²) >= 11 is 0. The monoisotopic (exact) mass is 358 g/mol. The van der Waals surface area contributed by atoms with E-state index in [1.807, 2.05) is 0 Å². The maximum atomic E-state index is 13.1. The number of amides is 2. The molecule has 2 aromatic carbocycles. The Balaban J connectivity index is 1.60. The summed E-state index contributed by atoms with van der Waals surface area (Å²) in [6.07, 6.45) is -0.354. The molecule has 0 aliphatic carbocycles. The Bertz CT molecular complexity index is 794. The van der Waals surface area contributed by atoms with E-state index in [2.05, 4.69) is 5.32 Å². The fourth-order valence-electron chi connectivity index (χ4n) is 2.69. The van der Waals surface area contributed by atoms with Crippen molar-refractivity contribution in [2.24, 2.45) is 0 Å². The van der Waals surface area contributed by atoms with E-state index in [9.17, 15) is 14.0 Å². The zero-order valence-corrected chi connectivity index (χ0v) is 14.3.